The van der Waals surface area contributed by atoms with Crippen LogP contribution in [0.3, 0.4) is 0 Å². The average molecular weight is 378 g/mol. The molecule has 4 nitrogen and oxygen atoms in total. The van der Waals surface area contributed by atoms with Crippen LogP contribution in [0.2, 0.25) is 0 Å². The van der Waals surface area contributed by atoms with Crippen molar-refractivity contribution in [1.29, 1.82) is 0 Å². The molecule has 1 heterocycles. The van der Waals surface area contributed by atoms with Crippen LogP contribution < -0.4 is 4.90 Å². The van der Waals surface area contributed by atoms with Gasteiger partial charge in [-0.3, -0.25) is 9.69 Å². The molecule has 1 saturated heterocycles. The van der Waals surface area contributed by atoms with Crippen LogP contribution >= 0.6 is 0 Å². The van der Waals surface area contributed by atoms with Crippen LogP contribution in [0.4, 0.5) is 24.5 Å². The van der Waals surface area contributed by atoms with E-state index in [0.29, 0.717) is 31.6 Å². The Morgan fingerprint density at radius 2 is 1.67 bits per heavy atom. The van der Waals surface area contributed by atoms with E-state index in [1.165, 1.54) is 12.1 Å². The third-order valence-corrected chi connectivity index (χ3v) is 4.77. The number of aliphatic carboxylic acids is 1. The number of carboxylic acid groups (broad SMARTS) is 1. The lowest BCUT2D eigenvalue weighted by molar-refractivity contribution is -0.139. The lowest BCUT2D eigenvalue weighted by atomic mass is 10.0. The Hall–Kier alpha value is -2.54. The molecule has 1 aliphatic rings. The molecule has 0 aliphatic carbocycles. The normalized spacial score (nSPS) is 16.3. The highest BCUT2D eigenvalue weighted by atomic mass is 19.4. The lowest BCUT2D eigenvalue weighted by Crippen LogP contribution is -2.44. The summed E-state index contributed by atoms with van der Waals surface area (Å²) in [6, 6.07) is 14.7. The monoisotopic (exact) mass is 378 g/mol. The molecule has 0 amide bonds. The number of piperidine rings is 1. The fourth-order valence-corrected chi connectivity index (χ4v) is 3.52. The number of likely N-dealkylation sites (tertiary alicyclic amines) is 1. The molecule has 0 spiro atoms. The van der Waals surface area contributed by atoms with E-state index in [1.807, 2.05) is 40.1 Å². The van der Waals surface area contributed by atoms with Crippen LogP contribution in [0.1, 0.15) is 18.4 Å². The molecular weight excluding hydrogens is 357 g/mol. The van der Waals surface area contributed by atoms with Crippen molar-refractivity contribution >= 4 is 17.3 Å². The number of anilines is 2. The van der Waals surface area contributed by atoms with Gasteiger partial charge in [-0.1, -0.05) is 24.3 Å². The summed E-state index contributed by atoms with van der Waals surface area (Å²) in [6.45, 7) is 1.18. The first-order chi connectivity index (χ1) is 12.8. The Morgan fingerprint density at radius 3 is 2.26 bits per heavy atom. The average Bonchev–Trinajstić information content (AvgIpc) is 2.63. The summed E-state index contributed by atoms with van der Waals surface area (Å²) < 4.78 is 39.5. The van der Waals surface area contributed by atoms with E-state index in [9.17, 15) is 18.0 Å². The molecule has 2 aromatic carbocycles. The van der Waals surface area contributed by atoms with Crippen LogP contribution in [0, 0.1) is 0 Å². The minimum atomic E-state index is -4.40. The van der Waals surface area contributed by atoms with Crippen molar-refractivity contribution in [2.45, 2.75) is 25.1 Å². The van der Waals surface area contributed by atoms with Crippen LogP contribution in [0.5, 0.6) is 0 Å². The molecule has 3 rings (SSSR count). The molecule has 0 unspecified atom stereocenters. The highest BCUT2D eigenvalue weighted by Crippen LogP contribution is 2.36. The van der Waals surface area contributed by atoms with Gasteiger partial charge < -0.3 is 10.0 Å². The van der Waals surface area contributed by atoms with Crippen molar-refractivity contribution in [2.75, 3.05) is 24.5 Å². The van der Waals surface area contributed by atoms with Crippen molar-refractivity contribution in [3.63, 3.8) is 0 Å². The maximum absolute atomic E-state index is 13.2. The minimum absolute atomic E-state index is 0.000860. The first-order valence-corrected chi connectivity index (χ1v) is 8.80. The van der Waals surface area contributed by atoms with Gasteiger partial charge in [0.2, 0.25) is 0 Å². The molecule has 144 valence electrons. The van der Waals surface area contributed by atoms with Gasteiger partial charge in [0, 0.05) is 30.5 Å². The number of para-hydroxylation sites is 1. The maximum atomic E-state index is 13.2. The highest BCUT2D eigenvalue weighted by Gasteiger charge is 2.32. The van der Waals surface area contributed by atoms with E-state index in [1.54, 1.807) is 6.07 Å². The first-order valence-electron chi connectivity index (χ1n) is 8.80. The summed E-state index contributed by atoms with van der Waals surface area (Å²) >= 11 is 0. The smallest absolute Gasteiger partial charge is 0.416 e. The van der Waals surface area contributed by atoms with Gasteiger partial charge in [0.25, 0.3) is 0 Å². The molecule has 27 heavy (non-hydrogen) atoms. The zero-order valence-electron chi connectivity index (χ0n) is 14.7. The molecule has 0 bridgehead atoms. The van der Waals surface area contributed by atoms with Gasteiger partial charge in [-0.05, 0) is 43.2 Å². The Morgan fingerprint density at radius 1 is 1.04 bits per heavy atom. The Kier molecular flexibility index (Phi) is 5.70. The summed E-state index contributed by atoms with van der Waals surface area (Å²) in [5, 5.41) is 8.94. The van der Waals surface area contributed by atoms with Gasteiger partial charge in [0.1, 0.15) is 0 Å². The molecule has 1 fully saturated rings. The summed E-state index contributed by atoms with van der Waals surface area (Å²) in [5.74, 6) is -0.869. The van der Waals surface area contributed by atoms with Crippen molar-refractivity contribution in [1.82, 2.24) is 4.90 Å². The van der Waals surface area contributed by atoms with E-state index in [0.717, 1.165) is 11.8 Å². The molecule has 0 radical (unpaired) electrons. The van der Waals surface area contributed by atoms with E-state index in [2.05, 4.69) is 0 Å². The molecule has 1 aliphatic heterocycles. The predicted octanol–water partition coefficient (Wildman–Crippen LogP) is 4.39. The van der Waals surface area contributed by atoms with E-state index < -0.39 is 17.7 Å². The molecule has 7 heteroatoms. The van der Waals surface area contributed by atoms with Crippen LogP contribution in [-0.4, -0.2) is 41.7 Å². The highest BCUT2D eigenvalue weighted by molar-refractivity contribution is 5.69. The standard InChI is InChI=1S/C20H21F3N2O2/c21-20(22,23)15-5-4-8-18(13-15)25(16-6-2-1-3-7-16)17-9-11-24(12-10-17)14-19(26)27/h1-8,13,17H,9-12,14H2,(H,26,27). The lowest BCUT2D eigenvalue weighted by Gasteiger charge is -2.39. The van der Waals surface area contributed by atoms with Crippen LogP contribution in [0.25, 0.3) is 0 Å². The molecular formula is C20H21F3N2O2. The fraction of sp³-hybridized carbons (Fsp3) is 0.350. The Labute approximate surface area is 155 Å². The number of carboxylic acids is 1. The number of alkyl halides is 3. The molecule has 0 atom stereocenters. The minimum Gasteiger partial charge on any atom is -0.480 e. The number of hydrogen-bond donors (Lipinski definition) is 1. The maximum Gasteiger partial charge on any atom is 0.416 e. The number of nitrogens with zero attached hydrogens (tertiary/aromatic N) is 2. The van der Waals surface area contributed by atoms with Crippen molar-refractivity contribution in [3.05, 3.63) is 60.2 Å². The molecule has 0 aromatic heterocycles. The van der Waals surface area contributed by atoms with Crippen LogP contribution in [-0.2, 0) is 11.0 Å². The van der Waals surface area contributed by atoms with E-state index in [4.69, 9.17) is 5.11 Å². The van der Waals surface area contributed by atoms with E-state index >= 15 is 0 Å². The van der Waals surface area contributed by atoms with E-state index in [-0.39, 0.29) is 12.6 Å². The van der Waals surface area contributed by atoms with Crippen molar-refractivity contribution in [3.8, 4) is 0 Å². The molecule has 1 N–H and O–H groups in total. The number of benzene rings is 2. The zero-order valence-corrected chi connectivity index (χ0v) is 14.7. The third-order valence-electron chi connectivity index (χ3n) is 4.77. The number of carbonyl (C=O) groups is 1. The summed E-state index contributed by atoms with van der Waals surface area (Å²) in [5.41, 5.74) is 0.644. The van der Waals surface area contributed by atoms with Gasteiger partial charge in [-0.2, -0.15) is 13.2 Å². The van der Waals surface area contributed by atoms with Gasteiger partial charge in [-0.25, -0.2) is 0 Å². The Bertz CT molecular complexity index is 772. The second kappa shape index (κ2) is 8.00. The summed E-state index contributed by atoms with van der Waals surface area (Å²) in [4.78, 5) is 14.7. The molecule has 0 saturated carbocycles. The van der Waals surface area contributed by atoms with Gasteiger partial charge in [0.15, 0.2) is 0 Å². The fourth-order valence-electron chi connectivity index (χ4n) is 3.52. The number of hydrogen-bond acceptors (Lipinski definition) is 3. The topological polar surface area (TPSA) is 43.8 Å². The van der Waals surface area contributed by atoms with Gasteiger partial charge in [0.05, 0.1) is 12.1 Å². The largest absolute Gasteiger partial charge is 0.480 e. The predicted molar refractivity (Wildman–Crippen MR) is 97.1 cm³/mol. The summed E-state index contributed by atoms with van der Waals surface area (Å²) in [6.07, 6.45) is -3.04. The summed E-state index contributed by atoms with van der Waals surface area (Å²) in [7, 11) is 0. The Balaban J connectivity index is 1.89. The van der Waals surface area contributed by atoms with Crippen molar-refractivity contribution in [2.24, 2.45) is 0 Å². The quantitative estimate of drug-likeness (QED) is 0.838. The SMILES string of the molecule is O=C(O)CN1CCC(N(c2ccccc2)c2cccc(C(F)(F)F)c2)CC1. The number of rotatable bonds is 5. The second-order valence-electron chi connectivity index (χ2n) is 6.65. The second-order valence-corrected chi connectivity index (χ2v) is 6.65. The zero-order chi connectivity index (χ0) is 19.4. The van der Waals surface area contributed by atoms with Gasteiger partial charge in [-0.15, -0.1) is 0 Å². The van der Waals surface area contributed by atoms with Crippen molar-refractivity contribution < 1.29 is 23.1 Å². The first kappa shape index (κ1) is 19.2. The number of halogens is 3. The van der Waals surface area contributed by atoms with Gasteiger partial charge >= 0.3 is 12.1 Å². The van der Waals surface area contributed by atoms with Crippen LogP contribution in [0.15, 0.2) is 54.6 Å². The molecule has 2 aromatic rings. The third kappa shape index (κ3) is 4.80.